The van der Waals surface area contributed by atoms with Gasteiger partial charge in [-0.2, -0.15) is 0 Å². The third-order valence-electron chi connectivity index (χ3n) is 9.11. The molecule has 0 heterocycles. The van der Waals surface area contributed by atoms with Crippen molar-refractivity contribution >= 4 is 6.21 Å². The van der Waals surface area contributed by atoms with Crippen molar-refractivity contribution in [1.82, 2.24) is 0 Å². The lowest BCUT2D eigenvalue weighted by Crippen LogP contribution is -2.42. The molecule has 1 atom stereocenters. The maximum Gasteiger partial charge on any atom is 0.144 e. The van der Waals surface area contributed by atoms with E-state index < -0.39 is 11.6 Å². The highest BCUT2D eigenvalue weighted by atomic mass is 16.5. The smallest absolute Gasteiger partial charge is 0.144 e. The van der Waals surface area contributed by atoms with Crippen LogP contribution in [0.15, 0.2) is 96.0 Å². The normalized spacial score (nSPS) is 13.1. The van der Waals surface area contributed by atoms with Crippen molar-refractivity contribution in [1.29, 1.82) is 0 Å². The highest BCUT2D eigenvalue weighted by molar-refractivity contribution is 5.83. The zero-order valence-electron chi connectivity index (χ0n) is 30.9. The molecule has 0 aliphatic heterocycles. The first-order chi connectivity index (χ1) is 23.3. The zero-order chi connectivity index (χ0) is 35.7. The summed E-state index contributed by atoms with van der Waals surface area (Å²) in [5.74, 6) is 1.38. The highest BCUT2D eigenvalue weighted by Crippen LogP contribution is 2.47. The third kappa shape index (κ3) is 9.54. The summed E-state index contributed by atoms with van der Waals surface area (Å²) in [4.78, 5) is 5.19. The fourth-order valence-electron chi connectivity index (χ4n) is 5.91. The molecule has 0 fully saturated rings. The van der Waals surface area contributed by atoms with Gasteiger partial charge in [0.1, 0.15) is 22.8 Å². The number of aliphatic hydroxyl groups is 1. The Morgan fingerprint density at radius 1 is 0.673 bits per heavy atom. The van der Waals surface area contributed by atoms with Crippen LogP contribution in [0.25, 0.3) is 0 Å². The minimum atomic E-state index is -1.71. The van der Waals surface area contributed by atoms with Gasteiger partial charge in [0.15, 0.2) is 0 Å². The van der Waals surface area contributed by atoms with Crippen LogP contribution < -0.4 is 9.47 Å². The van der Waals surface area contributed by atoms with Crippen LogP contribution in [0.1, 0.15) is 114 Å². The van der Waals surface area contributed by atoms with Gasteiger partial charge in [0.25, 0.3) is 0 Å². The van der Waals surface area contributed by atoms with Crippen molar-refractivity contribution in [3.63, 3.8) is 0 Å². The van der Waals surface area contributed by atoms with Crippen molar-refractivity contribution in [2.45, 2.75) is 110 Å². The van der Waals surface area contributed by atoms with Crippen molar-refractivity contribution in [2.75, 3.05) is 13.2 Å². The van der Waals surface area contributed by atoms with E-state index in [2.05, 4.69) is 91.8 Å². The second kappa shape index (κ2) is 16.5. The second-order valence-corrected chi connectivity index (χ2v) is 15.1. The number of hydrogen-bond donors (Lipinski definition) is 2. The van der Waals surface area contributed by atoms with E-state index in [1.807, 2.05) is 42.5 Å². The summed E-state index contributed by atoms with van der Waals surface area (Å²) in [6, 6.07) is 29.0. The molecule has 0 saturated heterocycles. The molecule has 0 unspecified atom stereocenters. The zero-order valence-corrected chi connectivity index (χ0v) is 30.9. The molecule has 0 spiro atoms. The Balaban J connectivity index is 2.12. The van der Waals surface area contributed by atoms with E-state index in [9.17, 15) is 10.2 Å². The van der Waals surface area contributed by atoms with Gasteiger partial charge in [-0.05, 0) is 83.2 Å². The molecule has 4 rings (SSSR count). The molecule has 49 heavy (non-hydrogen) atoms. The predicted molar refractivity (Wildman–Crippen MR) is 204 cm³/mol. The van der Waals surface area contributed by atoms with E-state index in [1.54, 1.807) is 18.3 Å². The number of hydrogen-bond acceptors (Lipinski definition) is 5. The summed E-state index contributed by atoms with van der Waals surface area (Å²) in [6.45, 7) is 18.4. The van der Waals surface area contributed by atoms with Crippen molar-refractivity contribution < 1.29 is 19.7 Å². The molecule has 0 bridgehead atoms. The van der Waals surface area contributed by atoms with Crippen LogP contribution in [0.4, 0.5) is 0 Å². The molecule has 4 aromatic carbocycles. The number of phenols is 1. The average Bonchev–Trinajstić information content (AvgIpc) is 3.07. The van der Waals surface area contributed by atoms with Crippen LogP contribution in [0.3, 0.4) is 0 Å². The molecule has 2 N–H and O–H groups in total. The summed E-state index contributed by atoms with van der Waals surface area (Å²) >= 11 is 0. The molecule has 0 aliphatic rings. The summed E-state index contributed by atoms with van der Waals surface area (Å²) in [5, 5.41) is 24.7. The van der Waals surface area contributed by atoms with Crippen LogP contribution in [-0.2, 0) is 22.9 Å². The number of aromatic hydroxyl groups is 1. The van der Waals surface area contributed by atoms with E-state index in [0.717, 1.165) is 42.4 Å². The van der Waals surface area contributed by atoms with Gasteiger partial charge in [0.2, 0.25) is 0 Å². The lowest BCUT2D eigenvalue weighted by atomic mass is 9.73. The maximum absolute atomic E-state index is 13.9. The predicted octanol–water partition coefficient (Wildman–Crippen LogP) is 10.3. The highest BCUT2D eigenvalue weighted by Gasteiger charge is 2.45. The number of nitrogens with zero attached hydrogens (tertiary/aromatic N) is 1. The van der Waals surface area contributed by atoms with E-state index in [-0.39, 0.29) is 16.6 Å². The standard InChI is InChI=1S/C44H57NO4/c1-9-11-26-48-39-24-22-34(42(3,4)5)29-36(39)44(47,37-30-35(43(6,7)8)23-25-40(37)49-27-12-10-2)41(28-32-18-14-13-15-19-32)45-31-33-20-16-17-21-38(33)46/h13-25,29-31,41,46-47H,9-12,26-28H2,1-8H3/t41-/m0/s1. The van der Waals surface area contributed by atoms with Crippen LogP contribution in [0.5, 0.6) is 17.2 Å². The molecule has 0 aromatic heterocycles. The van der Waals surface area contributed by atoms with E-state index >= 15 is 0 Å². The fourth-order valence-corrected chi connectivity index (χ4v) is 5.91. The van der Waals surface area contributed by atoms with Crippen LogP contribution in [-0.4, -0.2) is 35.7 Å². The number of benzene rings is 4. The van der Waals surface area contributed by atoms with Crippen LogP contribution in [0, 0.1) is 0 Å². The first-order valence-corrected chi connectivity index (χ1v) is 17.9. The van der Waals surface area contributed by atoms with E-state index in [1.165, 1.54) is 0 Å². The lowest BCUT2D eigenvalue weighted by Gasteiger charge is -2.39. The molecular formula is C44H57NO4. The number of para-hydroxylation sites is 1. The molecule has 4 aromatic rings. The Morgan fingerprint density at radius 2 is 1.16 bits per heavy atom. The van der Waals surface area contributed by atoms with Gasteiger partial charge in [-0.1, -0.05) is 123 Å². The van der Waals surface area contributed by atoms with Gasteiger partial charge in [-0.15, -0.1) is 0 Å². The lowest BCUT2D eigenvalue weighted by molar-refractivity contribution is 0.0460. The summed E-state index contributed by atoms with van der Waals surface area (Å²) in [5.41, 5.74) is 2.96. The Kier molecular flexibility index (Phi) is 12.7. The van der Waals surface area contributed by atoms with Gasteiger partial charge in [-0.25, -0.2) is 0 Å². The number of unbranched alkanes of at least 4 members (excludes halogenated alkanes) is 2. The molecule has 0 aliphatic carbocycles. The Bertz CT molecular complexity index is 1590. The summed E-state index contributed by atoms with van der Waals surface area (Å²) < 4.78 is 13.1. The molecule has 0 radical (unpaired) electrons. The number of aliphatic imine (C=N–C) groups is 1. The first-order valence-electron chi connectivity index (χ1n) is 17.9. The third-order valence-corrected chi connectivity index (χ3v) is 9.11. The minimum Gasteiger partial charge on any atom is -0.507 e. The SMILES string of the molecule is CCCCOc1ccc(C(C)(C)C)cc1C(O)(c1cc(C(C)(C)C)ccc1OCCCC)[C@H](Cc1ccccc1)N=Cc1ccccc1O. The largest absolute Gasteiger partial charge is 0.507 e. The molecule has 262 valence electrons. The van der Waals surface area contributed by atoms with E-state index in [4.69, 9.17) is 14.5 Å². The van der Waals surface area contributed by atoms with Crippen molar-refractivity contribution in [3.8, 4) is 17.2 Å². The molecule has 5 heteroatoms. The number of rotatable bonds is 15. The van der Waals surface area contributed by atoms with Gasteiger partial charge in [0, 0.05) is 22.9 Å². The topological polar surface area (TPSA) is 71.3 Å². The Morgan fingerprint density at radius 3 is 1.63 bits per heavy atom. The first kappa shape index (κ1) is 37.7. The van der Waals surface area contributed by atoms with Crippen molar-refractivity contribution in [2.24, 2.45) is 4.99 Å². The van der Waals surface area contributed by atoms with Gasteiger partial charge in [0.05, 0.1) is 19.3 Å². The Hall–Kier alpha value is -4.09. The van der Waals surface area contributed by atoms with E-state index in [0.29, 0.717) is 47.8 Å². The minimum absolute atomic E-state index is 0.130. The summed E-state index contributed by atoms with van der Waals surface area (Å²) in [7, 11) is 0. The summed E-state index contributed by atoms with van der Waals surface area (Å²) in [6.07, 6.45) is 5.87. The molecule has 0 amide bonds. The van der Waals surface area contributed by atoms with Gasteiger partial charge in [-0.3, -0.25) is 4.99 Å². The quantitative estimate of drug-likeness (QED) is 0.0981. The maximum atomic E-state index is 13.9. The molecule has 0 saturated carbocycles. The fraction of sp³-hybridized carbons (Fsp3) is 0.432. The second-order valence-electron chi connectivity index (χ2n) is 15.1. The average molecular weight is 664 g/mol. The van der Waals surface area contributed by atoms with Crippen molar-refractivity contribution in [3.05, 3.63) is 124 Å². The van der Waals surface area contributed by atoms with Gasteiger partial charge >= 0.3 is 0 Å². The van der Waals surface area contributed by atoms with Crippen LogP contribution >= 0.6 is 0 Å². The number of ether oxygens (including phenoxy) is 2. The van der Waals surface area contributed by atoms with Gasteiger partial charge < -0.3 is 19.7 Å². The molecule has 5 nitrogen and oxygen atoms in total. The van der Waals surface area contributed by atoms with Crippen LogP contribution in [0.2, 0.25) is 0 Å². The molecular weight excluding hydrogens is 606 g/mol. The number of phenolic OH excluding ortho intramolecular Hbond substituents is 1. The Labute approximate surface area is 295 Å². The monoisotopic (exact) mass is 663 g/mol.